The molecule has 6 rings (SSSR count). The van der Waals surface area contributed by atoms with Crippen LogP contribution in [0.25, 0.3) is 0 Å². The number of hydrogen-bond acceptors (Lipinski definition) is 9. The summed E-state index contributed by atoms with van der Waals surface area (Å²) in [5.74, 6) is -1.59. The number of halogens is 4. The third-order valence-electron chi connectivity index (χ3n) is 10.6. The topological polar surface area (TPSA) is 158 Å². The van der Waals surface area contributed by atoms with Crippen molar-refractivity contribution in [1.29, 1.82) is 0 Å². The first-order chi connectivity index (χ1) is 27.6. The first kappa shape index (κ1) is 41.9. The van der Waals surface area contributed by atoms with Crippen LogP contribution >= 0.6 is 11.6 Å². The lowest BCUT2D eigenvalue weighted by atomic mass is 10.0. The van der Waals surface area contributed by atoms with Crippen molar-refractivity contribution in [3.8, 4) is 0 Å². The van der Waals surface area contributed by atoms with E-state index in [0.29, 0.717) is 38.9 Å². The molecule has 3 N–H and O–H groups in total. The number of rotatable bonds is 9. The van der Waals surface area contributed by atoms with Crippen molar-refractivity contribution < 1.29 is 46.6 Å². The van der Waals surface area contributed by atoms with Crippen LogP contribution in [0, 0.1) is 0 Å². The highest BCUT2D eigenvalue weighted by atomic mass is 35.5. The van der Waals surface area contributed by atoms with Gasteiger partial charge >= 0.3 is 24.3 Å². The van der Waals surface area contributed by atoms with Gasteiger partial charge in [0.1, 0.15) is 0 Å². The summed E-state index contributed by atoms with van der Waals surface area (Å²) in [5, 5.41) is 2.62. The van der Waals surface area contributed by atoms with Crippen LogP contribution in [0.1, 0.15) is 39.9 Å². The van der Waals surface area contributed by atoms with Crippen molar-refractivity contribution in [3.05, 3.63) is 87.9 Å². The molecule has 0 spiro atoms. The van der Waals surface area contributed by atoms with Gasteiger partial charge in [-0.25, -0.2) is 14.4 Å². The van der Waals surface area contributed by atoms with Crippen LogP contribution in [0.4, 0.5) is 39.8 Å². The molecule has 0 unspecified atom stereocenters. The molecule has 5 amide bonds. The van der Waals surface area contributed by atoms with Gasteiger partial charge in [-0.15, -0.1) is 0 Å². The van der Waals surface area contributed by atoms with E-state index in [1.54, 1.807) is 43.3 Å². The van der Waals surface area contributed by atoms with Gasteiger partial charge in [-0.05, 0) is 72.9 Å². The number of carbonyl (C=O) groups is 5. The summed E-state index contributed by atoms with van der Waals surface area (Å²) in [6.45, 7) is 1.71. The van der Waals surface area contributed by atoms with Gasteiger partial charge in [0, 0.05) is 83.7 Å². The number of esters is 1. The van der Waals surface area contributed by atoms with E-state index in [1.165, 1.54) is 20.8 Å². The Morgan fingerprint density at radius 3 is 2.26 bits per heavy atom. The highest BCUT2D eigenvalue weighted by molar-refractivity contribution is 6.33. The van der Waals surface area contributed by atoms with Crippen LogP contribution in [-0.4, -0.2) is 128 Å². The number of carbonyl (C=O) groups excluding carboxylic acids is 5. The number of para-hydroxylation sites is 1. The summed E-state index contributed by atoms with van der Waals surface area (Å²) in [6.07, 6.45) is -5.92. The summed E-state index contributed by atoms with van der Waals surface area (Å²) >= 11 is 6.11. The van der Waals surface area contributed by atoms with Gasteiger partial charge in [0.25, 0.3) is 11.8 Å². The summed E-state index contributed by atoms with van der Waals surface area (Å²) in [5.41, 5.74) is 6.67. The van der Waals surface area contributed by atoms with Crippen molar-refractivity contribution in [2.24, 2.45) is 0 Å². The zero-order valence-corrected chi connectivity index (χ0v) is 32.9. The Bertz CT molecular complexity index is 2020. The molecule has 0 saturated carbocycles. The maximum atomic E-state index is 14.1. The average Bonchev–Trinajstić information content (AvgIpc) is 3.38. The normalized spacial score (nSPS) is 16.8. The second kappa shape index (κ2) is 17.8. The first-order valence-corrected chi connectivity index (χ1v) is 19.2. The fraction of sp³-hybridized carbons (Fsp3) is 0.425. The van der Waals surface area contributed by atoms with Crippen molar-refractivity contribution in [3.63, 3.8) is 0 Å². The van der Waals surface area contributed by atoms with Crippen LogP contribution in [0.3, 0.4) is 0 Å². The second-order valence-corrected chi connectivity index (χ2v) is 15.0. The maximum Gasteiger partial charge on any atom is 0.418 e. The Kier molecular flexibility index (Phi) is 12.9. The minimum atomic E-state index is -4.82. The number of urea groups is 1. The Balaban J connectivity index is 1.10. The molecule has 18 heteroatoms. The third-order valence-corrected chi connectivity index (χ3v) is 10.9. The summed E-state index contributed by atoms with van der Waals surface area (Å²) < 4.78 is 52.6. The Labute approximate surface area is 338 Å². The third kappa shape index (κ3) is 9.86. The van der Waals surface area contributed by atoms with E-state index in [2.05, 4.69) is 5.32 Å². The molecule has 14 nitrogen and oxygen atoms in total. The number of nitrogen functional groups attached to an aromatic ring is 1. The minimum absolute atomic E-state index is 0.00730. The molecule has 0 aromatic heterocycles. The highest BCUT2D eigenvalue weighted by Crippen LogP contribution is 2.38. The molecule has 58 heavy (non-hydrogen) atoms. The number of likely N-dealkylation sites (tertiary alicyclic amines) is 1. The zero-order valence-electron chi connectivity index (χ0n) is 32.1. The SMILES string of the molecule is CN(C)C(=O)COC(=O)c1ccc(N2CCN(C(=O)[C@@H](Cc3cc(Cl)c(N)c(C(F)(F)F)c3)OC(=O)N3CCC(N4CCc5ccccc5NC4=O)CC3)CC2)cc1. The molecule has 0 aliphatic carbocycles. The van der Waals surface area contributed by atoms with E-state index in [1.807, 2.05) is 29.2 Å². The van der Waals surface area contributed by atoms with Gasteiger partial charge in [-0.3, -0.25) is 9.59 Å². The van der Waals surface area contributed by atoms with Gasteiger partial charge in [-0.1, -0.05) is 29.8 Å². The Morgan fingerprint density at radius 2 is 1.60 bits per heavy atom. The van der Waals surface area contributed by atoms with E-state index in [4.69, 9.17) is 26.8 Å². The first-order valence-electron chi connectivity index (χ1n) is 18.9. The predicted octanol–water partition coefficient (Wildman–Crippen LogP) is 5.14. The number of nitrogens with one attached hydrogen (secondary N) is 1. The number of amides is 5. The van der Waals surface area contributed by atoms with Crippen molar-refractivity contribution >= 4 is 58.6 Å². The molecule has 3 aromatic carbocycles. The van der Waals surface area contributed by atoms with Crippen LogP contribution in [-0.2, 0) is 38.1 Å². The zero-order chi connectivity index (χ0) is 41.7. The van der Waals surface area contributed by atoms with Crippen LogP contribution in [0.2, 0.25) is 5.02 Å². The molecule has 3 aliphatic rings. The van der Waals surface area contributed by atoms with Crippen molar-refractivity contribution in [2.75, 3.05) is 82.5 Å². The second-order valence-electron chi connectivity index (χ2n) is 14.6. The van der Waals surface area contributed by atoms with Crippen LogP contribution in [0.15, 0.2) is 60.7 Å². The predicted molar refractivity (Wildman–Crippen MR) is 210 cm³/mol. The summed E-state index contributed by atoms with van der Waals surface area (Å²) in [6, 6.07) is 15.9. The van der Waals surface area contributed by atoms with Gasteiger partial charge in [0.05, 0.1) is 21.8 Å². The quantitative estimate of drug-likeness (QED) is 0.220. The molecular weight excluding hydrogens is 783 g/mol. The molecule has 1 atom stereocenters. The number of nitrogens with two attached hydrogens (primary N) is 1. The van der Waals surface area contributed by atoms with E-state index in [0.717, 1.165) is 23.0 Å². The van der Waals surface area contributed by atoms with Gasteiger partial charge in [0.15, 0.2) is 12.7 Å². The van der Waals surface area contributed by atoms with Crippen LogP contribution < -0.4 is 16.0 Å². The molecule has 310 valence electrons. The number of piperidine rings is 1. The smallest absolute Gasteiger partial charge is 0.418 e. The minimum Gasteiger partial charge on any atom is -0.452 e. The van der Waals surface area contributed by atoms with E-state index in [9.17, 15) is 37.1 Å². The number of benzene rings is 3. The van der Waals surface area contributed by atoms with E-state index in [-0.39, 0.29) is 66.9 Å². The molecule has 0 radical (unpaired) electrons. The average molecular weight is 828 g/mol. The number of ether oxygens (including phenoxy) is 2. The number of nitrogens with zero attached hydrogens (tertiary/aromatic N) is 5. The summed E-state index contributed by atoms with van der Waals surface area (Å²) in [7, 11) is 3.11. The standard InChI is InChI=1S/C40H45ClF3N7O7/c1-47(2)34(52)24-57-37(54)27-7-9-28(10-8-27)48-17-19-49(20-18-48)36(53)33(23-25-21-30(40(42,43)44)35(45)31(41)22-25)58-39(56)50-14-12-29(13-15-50)51-16-11-26-5-3-4-6-32(26)46-38(51)55/h3-10,21-22,29,33H,11-20,23-24,45H2,1-2H3,(H,46,55)/t33-/m1/s1. The van der Waals surface area contributed by atoms with Gasteiger partial charge < -0.3 is 45.0 Å². The Hall–Kier alpha value is -5.71. The molecule has 2 saturated heterocycles. The number of fused-ring (bicyclic) bond motifs is 1. The van der Waals surface area contributed by atoms with Gasteiger partial charge in [0.2, 0.25) is 0 Å². The number of alkyl halides is 3. The number of likely N-dealkylation sites (N-methyl/N-ethyl adjacent to an activating group) is 1. The highest BCUT2D eigenvalue weighted by Gasteiger charge is 2.38. The largest absolute Gasteiger partial charge is 0.452 e. The fourth-order valence-corrected chi connectivity index (χ4v) is 7.49. The fourth-order valence-electron chi connectivity index (χ4n) is 7.25. The maximum absolute atomic E-state index is 14.1. The van der Waals surface area contributed by atoms with Crippen molar-refractivity contribution in [2.45, 2.75) is 44.0 Å². The molecule has 3 aromatic rings. The lowest BCUT2D eigenvalue weighted by molar-refractivity contribution is -0.141. The molecule has 3 aliphatic heterocycles. The molecule has 2 fully saturated rings. The lowest BCUT2D eigenvalue weighted by Gasteiger charge is -2.39. The van der Waals surface area contributed by atoms with Gasteiger partial charge in [-0.2, -0.15) is 13.2 Å². The molecule has 0 bridgehead atoms. The van der Waals surface area contributed by atoms with E-state index < -0.39 is 47.9 Å². The molecule has 3 heterocycles. The Morgan fingerprint density at radius 1 is 0.931 bits per heavy atom. The summed E-state index contributed by atoms with van der Waals surface area (Å²) in [4.78, 5) is 73.1. The number of hydrogen-bond donors (Lipinski definition) is 2. The monoisotopic (exact) mass is 827 g/mol. The lowest BCUT2D eigenvalue weighted by Crippen LogP contribution is -2.54. The van der Waals surface area contributed by atoms with E-state index >= 15 is 0 Å². The molecular formula is C40H45ClF3N7O7. The van der Waals surface area contributed by atoms with Crippen LogP contribution in [0.5, 0.6) is 0 Å². The number of anilines is 3. The number of piperazine rings is 1. The van der Waals surface area contributed by atoms with Crippen molar-refractivity contribution in [1.82, 2.24) is 19.6 Å².